The van der Waals surface area contributed by atoms with Gasteiger partial charge in [0.15, 0.2) is 0 Å². The molecule has 0 saturated carbocycles. The van der Waals surface area contributed by atoms with Gasteiger partial charge in [0.05, 0.1) is 5.38 Å². The molecule has 13 heavy (non-hydrogen) atoms. The zero-order valence-electron chi connectivity index (χ0n) is 7.11. The summed E-state index contributed by atoms with van der Waals surface area (Å²) in [7, 11) is 0. The number of hydrogen-bond acceptors (Lipinski definition) is 2. The molecule has 1 aliphatic rings. The van der Waals surface area contributed by atoms with Crippen molar-refractivity contribution in [1.82, 2.24) is 0 Å². The average Bonchev–Trinajstić information content (AvgIpc) is 2.19. The molecule has 0 amide bonds. The standard InChI is InChI=1S/C10H10ClNO/c11-9-5-6-10(12-13)8-4-2-1-3-7(8)9/h1-4,9-10H,5-6H2/t9-,10+/m1/s1. The summed E-state index contributed by atoms with van der Waals surface area (Å²) in [6.45, 7) is 0. The highest BCUT2D eigenvalue weighted by Crippen LogP contribution is 2.40. The predicted octanol–water partition coefficient (Wildman–Crippen LogP) is 3.57. The van der Waals surface area contributed by atoms with Crippen molar-refractivity contribution in [2.75, 3.05) is 0 Å². The molecule has 0 heterocycles. The van der Waals surface area contributed by atoms with Crippen molar-refractivity contribution in [2.24, 2.45) is 5.18 Å². The van der Waals surface area contributed by atoms with Crippen LogP contribution >= 0.6 is 11.6 Å². The minimum absolute atomic E-state index is 0.0502. The summed E-state index contributed by atoms with van der Waals surface area (Å²) >= 11 is 6.13. The van der Waals surface area contributed by atoms with Gasteiger partial charge in [-0.05, 0) is 24.0 Å². The number of nitroso groups, excluding NO2 is 1. The number of rotatable bonds is 1. The lowest BCUT2D eigenvalue weighted by atomic mass is 9.88. The molecule has 68 valence electrons. The van der Waals surface area contributed by atoms with Gasteiger partial charge in [0.25, 0.3) is 0 Å². The molecule has 0 spiro atoms. The fourth-order valence-electron chi connectivity index (χ4n) is 1.82. The van der Waals surface area contributed by atoms with Crippen LogP contribution in [-0.2, 0) is 0 Å². The quantitative estimate of drug-likeness (QED) is 0.498. The highest BCUT2D eigenvalue weighted by atomic mass is 35.5. The Bertz CT molecular complexity index is 326. The van der Waals surface area contributed by atoms with Gasteiger partial charge < -0.3 is 0 Å². The van der Waals surface area contributed by atoms with E-state index in [0.29, 0.717) is 0 Å². The maximum Gasteiger partial charge on any atom is 0.117 e. The van der Waals surface area contributed by atoms with Crippen LogP contribution < -0.4 is 0 Å². The first-order chi connectivity index (χ1) is 6.33. The van der Waals surface area contributed by atoms with Gasteiger partial charge in [-0.15, -0.1) is 11.6 Å². The van der Waals surface area contributed by atoms with E-state index in [4.69, 9.17) is 11.6 Å². The van der Waals surface area contributed by atoms with E-state index in [0.717, 1.165) is 24.0 Å². The van der Waals surface area contributed by atoms with Gasteiger partial charge in [-0.3, -0.25) is 0 Å². The van der Waals surface area contributed by atoms with Crippen molar-refractivity contribution in [1.29, 1.82) is 0 Å². The van der Waals surface area contributed by atoms with Crippen LogP contribution in [0.2, 0.25) is 0 Å². The number of hydrogen-bond donors (Lipinski definition) is 0. The van der Waals surface area contributed by atoms with Crippen LogP contribution in [0.5, 0.6) is 0 Å². The van der Waals surface area contributed by atoms with E-state index in [9.17, 15) is 4.91 Å². The highest BCUT2D eigenvalue weighted by molar-refractivity contribution is 6.21. The van der Waals surface area contributed by atoms with Crippen LogP contribution in [0, 0.1) is 4.91 Å². The Labute approximate surface area is 81.9 Å². The van der Waals surface area contributed by atoms with E-state index in [1.807, 2.05) is 24.3 Å². The summed E-state index contributed by atoms with van der Waals surface area (Å²) < 4.78 is 0. The molecule has 0 aliphatic heterocycles. The number of halogens is 1. The number of alkyl halides is 1. The average molecular weight is 196 g/mol. The van der Waals surface area contributed by atoms with Gasteiger partial charge in [-0.1, -0.05) is 29.4 Å². The lowest BCUT2D eigenvalue weighted by Crippen LogP contribution is -2.09. The minimum Gasteiger partial charge on any atom is -0.150 e. The summed E-state index contributed by atoms with van der Waals surface area (Å²) in [6.07, 6.45) is 1.61. The van der Waals surface area contributed by atoms with Crippen LogP contribution in [0.1, 0.15) is 35.4 Å². The number of benzene rings is 1. The monoisotopic (exact) mass is 195 g/mol. The van der Waals surface area contributed by atoms with Gasteiger partial charge in [0, 0.05) is 0 Å². The van der Waals surface area contributed by atoms with Crippen molar-refractivity contribution < 1.29 is 0 Å². The molecule has 0 saturated heterocycles. The lowest BCUT2D eigenvalue weighted by molar-refractivity contribution is 0.559. The van der Waals surface area contributed by atoms with E-state index in [1.54, 1.807) is 0 Å². The van der Waals surface area contributed by atoms with Gasteiger partial charge in [0.2, 0.25) is 0 Å². The summed E-state index contributed by atoms with van der Waals surface area (Å²) in [4.78, 5) is 10.5. The third kappa shape index (κ3) is 1.46. The van der Waals surface area contributed by atoms with E-state index >= 15 is 0 Å². The smallest absolute Gasteiger partial charge is 0.117 e. The molecule has 2 atom stereocenters. The van der Waals surface area contributed by atoms with Crippen molar-refractivity contribution in [3.05, 3.63) is 40.3 Å². The molecule has 0 N–H and O–H groups in total. The van der Waals surface area contributed by atoms with Crippen LogP contribution in [0.15, 0.2) is 29.4 Å². The first-order valence-electron chi connectivity index (χ1n) is 4.38. The third-order valence-electron chi connectivity index (χ3n) is 2.51. The van der Waals surface area contributed by atoms with Crippen LogP contribution in [0.3, 0.4) is 0 Å². The molecule has 0 aromatic heterocycles. The van der Waals surface area contributed by atoms with E-state index in [-0.39, 0.29) is 11.4 Å². The first kappa shape index (κ1) is 8.70. The molecule has 2 rings (SSSR count). The van der Waals surface area contributed by atoms with Gasteiger partial charge >= 0.3 is 0 Å². The molecular formula is C10H10ClNO. The maximum absolute atomic E-state index is 10.5. The fraction of sp³-hybridized carbons (Fsp3) is 0.400. The van der Waals surface area contributed by atoms with Crippen molar-refractivity contribution in [3.63, 3.8) is 0 Å². The second kappa shape index (κ2) is 3.46. The van der Waals surface area contributed by atoms with E-state index < -0.39 is 0 Å². The first-order valence-corrected chi connectivity index (χ1v) is 4.82. The van der Waals surface area contributed by atoms with Gasteiger partial charge in [0.1, 0.15) is 6.04 Å². The lowest BCUT2D eigenvalue weighted by Gasteiger charge is -2.23. The predicted molar refractivity (Wildman–Crippen MR) is 52.8 cm³/mol. The molecule has 1 aromatic rings. The van der Waals surface area contributed by atoms with Crippen molar-refractivity contribution in [3.8, 4) is 0 Å². The molecule has 1 aromatic carbocycles. The molecule has 1 aliphatic carbocycles. The Kier molecular flexibility index (Phi) is 2.32. The zero-order chi connectivity index (χ0) is 9.26. The van der Waals surface area contributed by atoms with Crippen molar-refractivity contribution >= 4 is 11.6 Å². The summed E-state index contributed by atoms with van der Waals surface area (Å²) in [5, 5.41) is 3.16. The molecule has 3 heteroatoms. The SMILES string of the molecule is O=N[C@H]1CC[C@@H](Cl)c2ccccc21. The van der Waals surface area contributed by atoms with E-state index in [2.05, 4.69) is 5.18 Å². The number of fused-ring (bicyclic) bond motifs is 1. The summed E-state index contributed by atoms with van der Waals surface area (Å²) in [6, 6.07) is 7.60. The second-order valence-electron chi connectivity index (χ2n) is 3.30. The Balaban J connectivity index is 2.47. The van der Waals surface area contributed by atoms with E-state index in [1.165, 1.54) is 0 Å². The summed E-state index contributed by atoms with van der Waals surface area (Å²) in [5.74, 6) is 0. The molecule has 0 bridgehead atoms. The fourth-order valence-corrected chi connectivity index (χ4v) is 2.15. The Morgan fingerprint density at radius 3 is 2.62 bits per heavy atom. The molecular weight excluding hydrogens is 186 g/mol. The Morgan fingerprint density at radius 2 is 1.92 bits per heavy atom. The Hall–Kier alpha value is -0.890. The Morgan fingerprint density at radius 1 is 1.23 bits per heavy atom. The molecule has 0 unspecified atom stereocenters. The van der Waals surface area contributed by atoms with Crippen LogP contribution in [0.4, 0.5) is 0 Å². The van der Waals surface area contributed by atoms with Crippen LogP contribution in [0.25, 0.3) is 0 Å². The molecule has 0 radical (unpaired) electrons. The maximum atomic E-state index is 10.5. The largest absolute Gasteiger partial charge is 0.150 e. The molecule has 0 fully saturated rings. The second-order valence-corrected chi connectivity index (χ2v) is 3.82. The normalized spacial score (nSPS) is 26.5. The summed E-state index contributed by atoms with van der Waals surface area (Å²) in [5.41, 5.74) is 2.07. The van der Waals surface area contributed by atoms with Gasteiger partial charge in [-0.2, -0.15) is 4.91 Å². The minimum atomic E-state index is -0.189. The third-order valence-corrected chi connectivity index (χ3v) is 2.97. The molecule has 2 nitrogen and oxygen atoms in total. The van der Waals surface area contributed by atoms with Crippen LogP contribution in [-0.4, -0.2) is 0 Å². The zero-order valence-corrected chi connectivity index (χ0v) is 7.87. The van der Waals surface area contributed by atoms with Gasteiger partial charge in [-0.25, -0.2) is 0 Å². The number of nitrogens with zero attached hydrogens (tertiary/aromatic N) is 1. The topological polar surface area (TPSA) is 29.4 Å². The van der Waals surface area contributed by atoms with Crippen molar-refractivity contribution in [2.45, 2.75) is 24.3 Å². The highest BCUT2D eigenvalue weighted by Gasteiger charge is 2.25.